The summed E-state index contributed by atoms with van der Waals surface area (Å²) in [4.78, 5) is 34.4. The van der Waals surface area contributed by atoms with Crippen molar-refractivity contribution in [3.63, 3.8) is 0 Å². The molecule has 2 rings (SSSR count). The smallest absolute Gasteiger partial charge is 0.270 e. The number of carbonyl (C=O) groups excluding carboxylic acids is 1. The van der Waals surface area contributed by atoms with E-state index < -0.39 is 9.85 Å². The molecule has 0 spiro atoms. The summed E-state index contributed by atoms with van der Waals surface area (Å²) < 4.78 is 0. The Morgan fingerprint density at radius 1 is 1.04 bits per heavy atom. The highest BCUT2D eigenvalue weighted by molar-refractivity contribution is 5.92. The topological polar surface area (TPSA) is 107 Å². The van der Waals surface area contributed by atoms with Gasteiger partial charge in [-0.2, -0.15) is 0 Å². The van der Waals surface area contributed by atoms with Crippen molar-refractivity contribution in [2.24, 2.45) is 0 Å². The summed E-state index contributed by atoms with van der Waals surface area (Å²) in [6.07, 6.45) is 2.80. The first-order valence-corrected chi connectivity index (χ1v) is 7.73. The lowest BCUT2D eigenvalue weighted by Crippen LogP contribution is -2.28. The second-order valence-corrected chi connectivity index (χ2v) is 5.66. The van der Waals surface area contributed by atoms with E-state index in [1.54, 1.807) is 32.2 Å². The van der Waals surface area contributed by atoms with Crippen molar-refractivity contribution in [1.82, 2.24) is 4.90 Å². The first-order valence-electron chi connectivity index (χ1n) is 7.73. The van der Waals surface area contributed by atoms with Gasteiger partial charge in [0.2, 0.25) is 5.91 Å². The van der Waals surface area contributed by atoms with E-state index >= 15 is 0 Å². The van der Waals surface area contributed by atoms with Gasteiger partial charge in [0.1, 0.15) is 0 Å². The van der Waals surface area contributed by atoms with Crippen LogP contribution in [0.3, 0.4) is 0 Å². The molecule has 2 aromatic rings. The first-order chi connectivity index (χ1) is 12.3. The lowest BCUT2D eigenvalue weighted by atomic mass is 10.1. The lowest BCUT2D eigenvalue weighted by Gasteiger charge is -2.24. The maximum atomic E-state index is 12.3. The van der Waals surface area contributed by atoms with Crippen molar-refractivity contribution >= 4 is 23.4 Å². The van der Waals surface area contributed by atoms with Gasteiger partial charge >= 0.3 is 0 Å². The van der Waals surface area contributed by atoms with Gasteiger partial charge in [0.15, 0.2) is 0 Å². The Hall–Kier alpha value is -3.55. The third-order valence-corrected chi connectivity index (χ3v) is 3.99. The van der Waals surface area contributed by atoms with Crippen molar-refractivity contribution in [3.05, 3.63) is 86.0 Å². The molecule has 1 amide bonds. The maximum Gasteiger partial charge on any atom is 0.270 e. The van der Waals surface area contributed by atoms with E-state index in [2.05, 4.69) is 0 Å². The number of non-ortho nitro benzene ring substituents is 2. The van der Waals surface area contributed by atoms with Crippen LogP contribution in [-0.2, 0) is 4.79 Å². The summed E-state index contributed by atoms with van der Waals surface area (Å²) in [7, 11) is 1.59. The highest BCUT2D eigenvalue weighted by Crippen LogP contribution is 2.23. The molecule has 8 nitrogen and oxygen atoms in total. The normalized spacial score (nSPS) is 11.9. The zero-order valence-corrected chi connectivity index (χ0v) is 14.2. The van der Waals surface area contributed by atoms with Gasteiger partial charge in [-0.3, -0.25) is 25.0 Å². The van der Waals surface area contributed by atoms with Crippen LogP contribution >= 0.6 is 0 Å². The molecule has 0 aliphatic carbocycles. The Morgan fingerprint density at radius 2 is 1.62 bits per heavy atom. The van der Waals surface area contributed by atoms with Crippen LogP contribution in [0.15, 0.2) is 54.6 Å². The molecule has 1 unspecified atom stereocenters. The van der Waals surface area contributed by atoms with Crippen LogP contribution in [0.1, 0.15) is 24.1 Å². The number of amides is 1. The second-order valence-electron chi connectivity index (χ2n) is 5.66. The number of likely N-dealkylation sites (N-methyl/N-ethyl adjacent to an activating group) is 1. The number of nitro groups is 2. The molecule has 0 heterocycles. The van der Waals surface area contributed by atoms with Crippen LogP contribution in [0.5, 0.6) is 0 Å². The molecule has 0 saturated carbocycles. The molecule has 0 aliphatic heterocycles. The Kier molecular flexibility index (Phi) is 5.79. The van der Waals surface area contributed by atoms with Crippen molar-refractivity contribution in [2.75, 3.05) is 7.05 Å². The largest absolute Gasteiger partial charge is 0.335 e. The van der Waals surface area contributed by atoms with Gasteiger partial charge in [0, 0.05) is 37.4 Å². The van der Waals surface area contributed by atoms with E-state index in [4.69, 9.17) is 0 Å². The van der Waals surface area contributed by atoms with Crippen molar-refractivity contribution in [2.45, 2.75) is 13.0 Å². The summed E-state index contributed by atoms with van der Waals surface area (Å²) in [5.74, 6) is -0.324. The molecule has 0 aliphatic rings. The van der Waals surface area contributed by atoms with E-state index in [9.17, 15) is 25.0 Å². The molecule has 0 N–H and O–H groups in total. The predicted molar refractivity (Wildman–Crippen MR) is 96.4 cm³/mol. The second kappa shape index (κ2) is 8.02. The standard InChI is InChI=1S/C18H17N3O5/c1-13(15-6-4-8-17(12-15)21(25)26)19(2)18(22)10-9-14-5-3-7-16(11-14)20(23)24/h3-13H,1-2H3/b10-9+. The average Bonchev–Trinajstić information content (AvgIpc) is 2.65. The van der Waals surface area contributed by atoms with Crippen LogP contribution in [0.4, 0.5) is 11.4 Å². The van der Waals surface area contributed by atoms with Gasteiger partial charge in [0.05, 0.1) is 15.9 Å². The molecule has 0 bridgehead atoms. The number of hydrogen-bond acceptors (Lipinski definition) is 5. The van der Waals surface area contributed by atoms with E-state index in [1.165, 1.54) is 47.4 Å². The molecule has 1 atom stereocenters. The third kappa shape index (κ3) is 4.50. The monoisotopic (exact) mass is 355 g/mol. The molecule has 2 aromatic carbocycles. The number of benzene rings is 2. The Balaban J connectivity index is 2.13. The Morgan fingerprint density at radius 3 is 2.23 bits per heavy atom. The van der Waals surface area contributed by atoms with Crippen molar-refractivity contribution in [1.29, 1.82) is 0 Å². The van der Waals surface area contributed by atoms with Gasteiger partial charge < -0.3 is 4.90 Å². The third-order valence-electron chi connectivity index (χ3n) is 3.99. The predicted octanol–water partition coefficient (Wildman–Crippen LogP) is 3.74. The molecule has 26 heavy (non-hydrogen) atoms. The molecule has 134 valence electrons. The Labute approximate surface area is 149 Å². The fraction of sp³-hybridized carbons (Fsp3) is 0.167. The minimum absolute atomic E-state index is 0.0395. The zero-order chi connectivity index (χ0) is 19.3. The Bertz CT molecular complexity index is 879. The van der Waals surface area contributed by atoms with Gasteiger partial charge in [-0.15, -0.1) is 0 Å². The molecular weight excluding hydrogens is 338 g/mol. The van der Waals surface area contributed by atoms with Gasteiger partial charge in [-0.25, -0.2) is 0 Å². The summed E-state index contributed by atoms with van der Waals surface area (Å²) in [5, 5.41) is 21.7. The highest BCUT2D eigenvalue weighted by atomic mass is 16.6. The summed E-state index contributed by atoms with van der Waals surface area (Å²) in [6, 6.07) is 11.7. The van der Waals surface area contributed by atoms with Crippen LogP contribution in [0.2, 0.25) is 0 Å². The molecule has 0 radical (unpaired) electrons. The minimum Gasteiger partial charge on any atom is -0.335 e. The molecule has 0 fully saturated rings. The minimum atomic E-state index is -0.504. The van der Waals surface area contributed by atoms with Crippen LogP contribution in [0.25, 0.3) is 6.08 Å². The average molecular weight is 355 g/mol. The summed E-state index contributed by atoms with van der Waals surface area (Å²) >= 11 is 0. The molecular formula is C18H17N3O5. The summed E-state index contributed by atoms with van der Waals surface area (Å²) in [5.41, 5.74) is 1.07. The molecule has 8 heteroatoms. The number of nitro benzene ring substituents is 2. The fourth-order valence-corrected chi connectivity index (χ4v) is 2.34. The zero-order valence-electron chi connectivity index (χ0n) is 14.2. The number of nitrogens with zero attached hydrogens (tertiary/aromatic N) is 3. The maximum absolute atomic E-state index is 12.3. The highest BCUT2D eigenvalue weighted by Gasteiger charge is 2.17. The number of hydrogen-bond donors (Lipinski definition) is 0. The van der Waals surface area contributed by atoms with Crippen LogP contribution < -0.4 is 0 Å². The fourth-order valence-electron chi connectivity index (χ4n) is 2.34. The first kappa shape index (κ1) is 18.8. The van der Waals surface area contributed by atoms with Gasteiger partial charge in [-0.1, -0.05) is 24.3 Å². The van der Waals surface area contributed by atoms with Gasteiger partial charge in [-0.05, 0) is 24.1 Å². The number of carbonyl (C=O) groups is 1. The van der Waals surface area contributed by atoms with Crippen molar-refractivity contribution in [3.8, 4) is 0 Å². The molecule has 0 saturated heterocycles. The summed E-state index contributed by atoms with van der Waals surface area (Å²) in [6.45, 7) is 1.76. The van der Waals surface area contributed by atoms with Gasteiger partial charge in [0.25, 0.3) is 11.4 Å². The number of rotatable bonds is 6. The van der Waals surface area contributed by atoms with Crippen molar-refractivity contribution < 1.29 is 14.6 Å². The van der Waals surface area contributed by atoms with E-state index in [0.717, 1.165) is 0 Å². The van der Waals surface area contributed by atoms with E-state index in [-0.39, 0.29) is 23.3 Å². The quantitative estimate of drug-likeness (QED) is 0.446. The lowest BCUT2D eigenvalue weighted by molar-refractivity contribution is -0.385. The SMILES string of the molecule is CC(c1cccc([N+](=O)[O-])c1)N(C)C(=O)/C=C/c1cccc([N+](=O)[O-])c1. The van der Waals surface area contributed by atoms with Crippen LogP contribution in [0, 0.1) is 20.2 Å². The van der Waals surface area contributed by atoms with E-state index in [1.807, 2.05) is 0 Å². The van der Waals surface area contributed by atoms with E-state index in [0.29, 0.717) is 11.1 Å². The molecule has 0 aromatic heterocycles. The van der Waals surface area contributed by atoms with Crippen LogP contribution in [-0.4, -0.2) is 27.7 Å².